The van der Waals surface area contributed by atoms with Crippen molar-refractivity contribution in [2.45, 2.75) is 19.6 Å². The van der Waals surface area contributed by atoms with Gasteiger partial charge in [-0.25, -0.2) is 4.68 Å². The van der Waals surface area contributed by atoms with Crippen LogP contribution in [-0.2, 0) is 24.3 Å². The number of rotatable bonds is 5. The van der Waals surface area contributed by atoms with E-state index in [4.69, 9.17) is 10.00 Å². The fourth-order valence-electron chi connectivity index (χ4n) is 1.76. The molecule has 0 aliphatic rings. The van der Waals surface area contributed by atoms with E-state index in [9.17, 15) is 0 Å². The van der Waals surface area contributed by atoms with Gasteiger partial charge in [0.15, 0.2) is 0 Å². The number of hydrogen-bond acceptors (Lipinski definition) is 4. The molecule has 0 fully saturated rings. The zero-order valence-electron chi connectivity index (χ0n) is 10.2. The zero-order valence-corrected chi connectivity index (χ0v) is 10.2. The summed E-state index contributed by atoms with van der Waals surface area (Å²) in [4.78, 5) is 0. The van der Waals surface area contributed by atoms with Crippen molar-refractivity contribution in [2.75, 3.05) is 7.11 Å². The molecule has 0 spiro atoms. The minimum Gasteiger partial charge on any atom is -0.378 e. The van der Waals surface area contributed by atoms with Crippen molar-refractivity contribution in [3.05, 3.63) is 47.3 Å². The van der Waals surface area contributed by atoms with Crippen LogP contribution in [0, 0.1) is 11.3 Å². The number of ether oxygens (including phenoxy) is 1. The molecule has 1 heterocycles. The first-order valence-corrected chi connectivity index (χ1v) is 5.66. The van der Waals surface area contributed by atoms with Crippen molar-refractivity contribution in [3.63, 3.8) is 0 Å². The molecule has 0 saturated heterocycles. The van der Waals surface area contributed by atoms with Crippen molar-refractivity contribution in [1.82, 2.24) is 15.0 Å². The molecular weight excluding hydrogens is 228 g/mol. The molecule has 2 aromatic rings. The predicted octanol–water partition coefficient (Wildman–Crippen LogP) is 1.54. The Kier molecular flexibility index (Phi) is 4.05. The molecule has 2 rings (SSSR count). The fourth-order valence-corrected chi connectivity index (χ4v) is 1.76. The molecule has 0 aliphatic carbocycles. The second kappa shape index (κ2) is 5.94. The van der Waals surface area contributed by atoms with Gasteiger partial charge in [0.25, 0.3) is 0 Å². The molecule has 1 aromatic carbocycles. The first kappa shape index (κ1) is 12.3. The van der Waals surface area contributed by atoms with Crippen molar-refractivity contribution < 1.29 is 4.74 Å². The van der Waals surface area contributed by atoms with E-state index < -0.39 is 0 Å². The third kappa shape index (κ3) is 2.73. The Morgan fingerprint density at radius 2 is 2.11 bits per heavy atom. The van der Waals surface area contributed by atoms with Crippen LogP contribution in [0.25, 0.3) is 0 Å². The van der Waals surface area contributed by atoms with Crippen molar-refractivity contribution in [2.24, 2.45) is 0 Å². The molecule has 5 heteroatoms. The highest BCUT2D eigenvalue weighted by Gasteiger charge is 2.12. The average molecular weight is 242 g/mol. The van der Waals surface area contributed by atoms with Crippen LogP contribution in [-0.4, -0.2) is 22.1 Å². The molecule has 0 amide bonds. The Labute approximate surface area is 106 Å². The Morgan fingerprint density at radius 1 is 1.33 bits per heavy atom. The van der Waals surface area contributed by atoms with E-state index in [0.29, 0.717) is 18.8 Å². The highest BCUT2D eigenvalue weighted by atomic mass is 16.5. The maximum atomic E-state index is 8.74. The lowest BCUT2D eigenvalue weighted by Gasteiger charge is -2.06. The molecule has 92 valence electrons. The topological polar surface area (TPSA) is 63.7 Å². The molecule has 0 atom stereocenters. The van der Waals surface area contributed by atoms with E-state index in [-0.39, 0.29) is 6.42 Å². The highest BCUT2D eigenvalue weighted by Crippen LogP contribution is 2.10. The monoisotopic (exact) mass is 242 g/mol. The van der Waals surface area contributed by atoms with Crippen molar-refractivity contribution in [1.29, 1.82) is 5.26 Å². The van der Waals surface area contributed by atoms with Gasteiger partial charge in [0, 0.05) is 7.11 Å². The smallest absolute Gasteiger partial charge is 0.102 e. The SMILES string of the molecule is COCc1c(CC#N)nnn1Cc1ccccc1. The number of benzene rings is 1. The van der Waals surface area contributed by atoms with Gasteiger partial charge in [-0.05, 0) is 5.56 Å². The number of aromatic nitrogens is 3. The van der Waals surface area contributed by atoms with E-state index >= 15 is 0 Å². The van der Waals surface area contributed by atoms with E-state index in [1.54, 1.807) is 11.8 Å². The molecular formula is C13H14N4O. The van der Waals surface area contributed by atoms with E-state index in [2.05, 4.69) is 16.4 Å². The lowest BCUT2D eigenvalue weighted by molar-refractivity contribution is 0.176. The van der Waals surface area contributed by atoms with Crippen LogP contribution in [0.1, 0.15) is 17.0 Å². The Bertz CT molecular complexity index is 542. The maximum Gasteiger partial charge on any atom is 0.102 e. The number of nitriles is 1. The molecule has 0 bridgehead atoms. The molecule has 18 heavy (non-hydrogen) atoms. The van der Waals surface area contributed by atoms with Gasteiger partial charge < -0.3 is 4.74 Å². The zero-order chi connectivity index (χ0) is 12.8. The normalized spacial score (nSPS) is 10.2. The van der Waals surface area contributed by atoms with E-state index in [0.717, 1.165) is 11.3 Å². The highest BCUT2D eigenvalue weighted by molar-refractivity contribution is 5.18. The first-order valence-electron chi connectivity index (χ1n) is 5.66. The average Bonchev–Trinajstić information content (AvgIpc) is 2.75. The van der Waals surface area contributed by atoms with Gasteiger partial charge >= 0.3 is 0 Å². The van der Waals surface area contributed by atoms with Gasteiger partial charge in [-0.1, -0.05) is 35.5 Å². The Balaban J connectivity index is 2.25. The van der Waals surface area contributed by atoms with Gasteiger partial charge in [0.05, 0.1) is 31.3 Å². The summed E-state index contributed by atoms with van der Waals surface area (Å²) in [5.41, 5.74) is 2.70. The van der Waals surface area contributed by atoms with Gasteiger partial charge in [0.2, 0.25) is 0 Å². The van der Waals surface area contributed by atoms with Crippen LogP contribution >= 0.6 is 0 Å². The summed E-state index contributed by atoms with van der Waals surface area (Å²) in [6.45, 7) is 1.05. The second-order valence-electron chi connectivity index (χ2n) is 3.89. The van der Waals surface area contributed by atoms with Gasteiger partial charge in [-0.2, -0.15) is 5.26 Å². The molecule has 0 radical (unpaired) electrons. The van der Waals surface area contributed by atoms with Crippen LogP contribution in [0.5, 0.6) is 0 Å². The minimum absolute atomic E-state index is 0.257. The van der Waals surface area contributed by atoms with E-state index in [1.165, 1.54) is 0 Å². The maximum absolute atomic E-state index is 8.74. The first-order chi connectivity index (χ1) is 8.85. The third-order valence-corrected chi connectivity index (χ3v) is 2.62. The summed E-state index contributed by atoms with van der Waals surface area (Å²) in [7, 11) is 1.62. The van der Waals surface area contributed by atoms with Gasteiger partial charge in [0.1, 0.15) is 5.69 Å². The Morgan fingerprint density at radius 3 is 2.78 bits per heavy atom. The summed E-state index contributed by atoms with van der Waals surface area (Å²) < 4.78 is 6.92. The molecule has 1 aromatic heterocycles. The van der Waals surface area contributed by atoms with E-state index in [1.807, 2.05) is 30.3 Å². The summed E-state index contributed by atoms with van der Waals surface area (Å²) in [6, 6.07) is 12.1. The number of methoxy groups -OCH3 is 1. The third-order valence-electron chi connectivity index (χ3n) is 2.62. The standard InChI is InChI=1S/C13H14N4O/c1-18-10-13-12(7-8-14)15-16-17(13)9-11-5-3-2-4-6-11/h2-6H,7,9-10H2,1H3. The fraction of sp³-hybridized carbons (Fsp3) is 0.308. The van der Waals surface area contributed by atoms with Crippen LogP contribution in [0.15, 0.2) is 30.3 Å². The number of nitrogens with zero attached hydrogens (tertiary/aromatic N) is 4. The predicted molar refractivity (Wildman–Crippen MR) is 65.6 cm³/mol. The lowest BCUT2D eigenvalue weighted by atomic mass is 10.2. The molecule has 0 unspecified atom stereocenters. The minimum atomic E-state index is 0.257. The van der Waals surface area contributed by atoms with Gasteiger partial charge in [-0.3, -0.25) is 0 Å². The van der Waals surface area contributed by atoms with Crippen LogP contribution < -0.4 is 0 Å². The lowest BCUT2D eigenvalue weighted by Crippen LogP contribution is -2.08. The summed E-state index contributed by atoms with van der Waals surface area (Å²) in [6.07, 6.45) is 0.257. The number of hydrogen-bond donors (Lipinski definition) is 0. The molecule has 0 saturated carbocycles. The molecule has 0 aliphatic heterocycles. The van der Waals surface area contributed by atoms with Crippen molar-refractivity contribution >= 4 is 0 Å². The van der Waals surface area contributed by atoms with Crippen LogP contribution in [0.2, 0.25) is 0 Å². The summed E-state index contributed by atoms with van der Waals surface area (Å²) in [5.74, 6) is 0. The van der Waals surface area contributed by atoms with Crippen LogP contribution in [0.4, 0.5) is 0 Å². The second-order valence-corrected chi connectivity index (χ2v) is 3.89. The van der Waals surface area contributed by atoms with Gasteiger partial charge in [-0.15, -0.1) is 5.10 Å². The Hall–Kier alpha value is -2.19. The summed E-state index contributed by atoms with van der Waals surface area (Å²) in [5, 5.41) is 16.9. The molecule has 5 nitrogen and oxygen atoms in total. The summed E-state index contributed by atoms with van der Waals surface area (Å²) >= 11 is 0. The largest absolute Gasteiger partial charge is 0.378 e. The molecule has 0 N–H and O–H groups in total. The van der Waals surface area contributed by atoms with Crippen LogP contribution in [0.3, 0.4) is 0 Å². The van der Waals surface area contributed by atoms with Crippen molar-refractivity contribution in [3.8, 4) is 6.07 Å². The quantitative estimate of drug-likeness (QED) is 0.797.